The molecule has 0 saturated carbocycles. The second kappa shape index (κ2) is 5.12. The van der Waals surface area contributed by atoms with E-state index in [1.807, 2.05) is 19.0 Å². The van der Waals surface area contributed by atoms with Crippen LogP contribution in [0.5, 0.6) is 0 Å². The lowest BCUT2D eigenvalue weighted by molar-refractivity contribution is 0.416. The van der Waals surface area contributed by atoms with Gasteiger partial charge in [-0.2, -0.15) is 0 Å². The molecule has 0 bridgehead atoms. The zero-order chi connectivity index (χ0) is 12.3. The van der Waals surface area contributed by atoms with Gasteiger partial charge in [-0.05, 0) is 20.2 Å². The number of rotatable bonds is 4. The van der Waals surface area contributed by atoms with Crippen molar-refractivity contribution in [2.45, 2.75) is 0 Å². The Balaban J connectivity index is 2.86. The van der Waals surface area contributed by atoms with E-state index in [1.165, 1.54) is 6.07 Å². The molecule has 0 fully saturated rings. The molecule has 5 heteroatoms. The van der Waals surface area contributed by atoms with E-state index in [-0.39, 0.29) is 5.69 Å². The SMILES string of the molecule is CN(C)CCN(C)c1cc(F)cc(F)c1N. The van der Waals surface area contributed by atoms with Crippen LogP contribution in [0.1, 0.15) is 0 Å². The summed E-state index contributed by atoms with van der Waals surface area (Å²) in [6.45, 7) is 1.44. The molecule has 0 spiro atoms. The van der Waals surface area contributed by atoms with Crippen LogP contribution in [0, 0.1) is 11.6 Å². The summed E-state index contributed by atoms with van der Waals surface area (Å²) in [6.07, 6.45) is 0. The van der Waals surface area contributed by atoms with Crippen molar-refractivity contribution < 1.29 is 8.78 Å². The number of nitrogens with zero attached hydrogens (tertiary/aromatic N) is 2. The molecule has 2 N–H and O–H groups in total. The molecule has 0 aliphatic carbocycles. The van der Waals surface area contributed by atoms with Crippen molar-refractivity contribution in [2.24, 2.45) is 0 Å². The molecule has 0 heterocycles. The molecule has 1 aromatic rings. The van der Waals surface area contributed by atoms with E-state index in [4.69, 9.17) is 5.73 Å². The van der Waals surface area contributed by atoms with Crippen LogP contribution < -0.4 is 10.6 Å². The zero-order valence-electron chi connectivity index (χ0n) is 9.80. The predicted molar refractivity (Wildman–Crippen MR) is 62.6 cm³/mol. The van der Waals surface area contributed by atoms with Crippen LogP contribution >= 0.6 is 0 Å². The van der Waals surface area contributed by atoms with Gasteiger partial charge in [0, 0.05) is 26.2 Å². The number of nitrogens with two attached hydrogens (primary N) is 1. The molecule has 0 atom stereocenters. The monoisotopic (exact) mass is 229 g/mol. The highest BCUT2D eigenvalue weighted by molar-refractivity contribution is 5.67. The molecular weight excluding hydrogens is 212 g/mol. The Morgan fingerprint density at radius 2 is 1.75 bits per heavy atom. The van der Waals surface area contributed by atoms with Gasteiger partial charge in [-0.3, -0.25) is 0 Å². The number of nitrogen functional groups attached to an aromatic ring is 1. The number of anilines is 2. The summed E-state index contributed by atoms with van der Waals surface area (Å²) in [5.41, 5.74) is 5.94. The van der Waals surface area contributed by atoms with Gasteiger partial charge in [0.2, 0.25) is 0 Å². The van der Waals surface area contributed by atoms with Crippen LogP contribution in [0.3, 0.4) is 0 Å². The maximum atomic E-state index is 13.2. The fraction of sp³-hybridized carbons (Fsp3) is 0.455. The Morgan fingerprint density at radius 3 is 2.31 bits per heavy atom. The minimum absolute atomic E-state index is 0.0114. The number of benzene rings is 1. The van der Waals surface area contributed by atoms with Crippen LogP contribution in [0.2, 0.25) is 0 Å². The van der Waals surface area contributed by atoms with E-state index in [1.54, 1.807) is 11.9 Å². The van der Waals surface area contributed by atoms with Crippen molar-refractivity contribution in [1.29, 1.82) is 0 Å². The summed E-state index contributed by atoms with van der Waals surface area (Å²) in [5.74, 6) is -1.33. The van der Waals surface area contributed by atoms with Crippen LogP contribution in [0.25, 0.3) is 0 Å². The lowest BCUT2D eigenvalue weighted by Crippen LogP contribution is -2.29. The van der Waals surface area contributed by atoms with Crippen molar-refractivity contribution in [3.8, 4) is 0 Å². The smallest absolute Gasteiger partial charge is 0.151 e. The third kappa shape index (κ3) is 3.06. The minimum atomic E-state index is -0.716. The molecule has 16 heavy (non-hydrogen) atoms. The van der Waals surface area contributed by atoms with Gasteiger partial charge in [0.25, 0.3) is 0 Å². The number of likely N-dealkylation sites (N-methyl/N-ethyl adjacent to an activating group) is 2. The first-order valence-corrected chi connectivity index (χ1v) is 5.02. The second-order valence-electron chi connectivity index (χ2n) is 4.05. The number of halogens is 2. The van der Waals surface area contributed by atoms with Crippen molar-refractivity contribution in [3.05, 3.63) is 23.8 Å². The average molecular weight is 229 g/mol. The first-order valence-electron chi connectivity index (χ1n) is 5.02. The lowest BCUT2D eigenvalue weighted by atomic mass is 10.2. The van der Waals surface area contributed by atoms with Crippen LogP contribution in [0.4, 0.5) is 20.2 Å². The van der Waals surface area contributed by atoms with Gasteiger partial charge in [0.05, 0.1) is 11.4 Å². The number of hydrogen-bond donors (Lipinski definition) is 1. The first kappa shape index (κ1) is 12.7. The van der Waals surface area contributed by atoms with Gasteiger partial charge < -0.3 is 15.5 Å². The number of hydrogen-bond acceptors (Lipinski definition) is 3. The standard InChI is InChI=1S/C11H17F2N3/c1-15(2)4-5-16(3)10-7-8(12)6-9(13)11(10)14/h6-7H,4-5,14H2,1-3H3. The van der Waals surface area contributed by atoms with Gasteiger partial charge in [-0.25, -0.2) is 8.78 Å². The van der Waals surface area contributed by atoms with E-state index in [2.05, 4.69) is 0 Å². The summed E-state index contributed by atoms with van der Waals surface area (Å²) < 4.78 is 26.2. The Labute approximate surface area is 94.4 Å². The summed E-state index contributed by atoms with van der Waals surface area (Å²) in [4.78, 5) is 3.73. The van der Waals surface area contributed by atoms with E-state index in [0.717, 1.165) is 12.6 Å². The Hall–Kier alpha value is -1.36. The normalized spacial score (nSPS) is 10.9. The minimum Gasteiger partial charge on any atom is -0.395 e. The zero-order valence-corrected chi connectivity index (χ0v) is 9.80. The molecule has 1 rings (SSSR count). The molecule has 0 aliphatic rings. The third-order valence-electron chi connectivity index (χ3n) is 2.37. The van der Waals surface area contributed by atoms with Crippen molar-refractivity contribution in [3.63, 3.8) is 0 Å². The lowest BCUT2D eigenvalue weighted by Gasteiger charge is -2.23. The fourth-order valence-corrected chi connectivity index (χ4v) is 1.36. The molecule has 0 aromatic heterocycles. The summed E-state index contributed by atoms with van der Waals surface area (Å²) in [7, 11) is 5.63. The summed E-state index contributed by atoms with van der Waals surface area (Å²) in [5, 5.41) is 0. The van der Waals surface area contributed by atoms with E-state index < -0.39 is 11.6 Å². The maximum absolute atomic E-state index is 13.2. The molecule has 0 radical (unpaired) electrons. The second-order valence-corrected chi connectivity index (χ2v) is 4.05. The maximum Gasteiger partial charge on any atom is 0.151 e. The van der Waals surface area contributed by atoms with E-state index in [0.29, 0.717) is 12.2 Å². The Morgan fingerprint density at radius 1 is 1.12 bits per heavy atom. The van der Waals surface area contributed by atoms with Gasteiger partial charge >= 0.3 is 0 Å². The van der Waals surface area contributed by atoms with Gasteiger partial charge in [0.1, 0.15) is 5.82 Å². The van der Waals surface area contributed by atoms with Crippen molar-refractivity contribution >= 4 is 11.4 Å². The first-order chi connectivity index (χ1) is 7.41. The summed E-state index contributed by atoms with van der Waals surface area (Å²) >= 11 is 0. The average Bonchev–Trinajstić information content (AvgIpc) is 2.19. The Kier molecular flexibility index (Phi) is 4.06. The van der Waals surface area contributed by atoms with Crippen LogP contribution in [0.15, 0.2) is 12.1 Å². The molecular formula is C11H17F2N3. The molecule has 3 nitrogen and oxygen atoms in total. The van der Waals surface area contributed by atoms with Gasteiger partial charge in [0.15, 0.2) is 5.82 Å². The molecule has 0 aliphatic heterocycles. The Bertz CT molecular complexity index is 366. The van der Waals surface area contributed by atoms with Gasteiger partial charge in [-0.15, -0.1) is 0 Å². The molecule has 90 valence electrons. The molecule has 1 aromatic carbocycles. The van der Waals surface area contributed by atoms with Gasteiger partial charge in [-0.1, -0.05) is 0 Å². The topological polar surface area (TPSA) is 32.5 Å². The van der Waals surface area contributed by atoms with E-state index in [9.17, 15) is 8.78 Å². The third-order valence-corrected chi connectivity index (χ3v) is 2.37. The predicted octanol–water partition coefficient (Wildman–Crippen LogP) is 1.54. The van der Waals surface area contributed by atoms with Crippen molar-refractivity contribution in [1.82, 2.24) is 4.90 Å². The largest absolute Gasteiger partial charge is 0.395 e. The fourth-order valence-electron chi connectivity index (χ4n) is 1.36. The highest BCUT2D eigenvalue weighted by Gasteiger charge is 2.11. The van der Waals surface area contributed by atoms with E-state index >= 15 is 0 Å². The summed E-state index contributed by atoms with van der Waals surface area (Å²) in [6, 6.07) is 2.03. The quantitative estimate of drug-likeness (QED) is 0.795. The molecule has 0 amide bonds. The highest BCUT2D eigenvalue weighted by atomic mass is 19.1. The highest BCUT2D eigenvalue weighted by Crippen LogP contribution is 2.26. The van der Waals surface area contributed by atoms with Crippen molar-refractivity contribution in [2.75, 3.05) is 44.9 Å². The molecule has 0 saturated heterocycles. The van der Waals surface area contributed by atoms with Crippen LogP contribution in [-0.2, 0) is 0 Å². The molecule has 0 unspecified atom stereocenters. The van der Waals surface area contributed by atoms with Crippen LogP contribution in [-0.4, -0.2) is 39.1 Å².